The van der Waals surface area contributed by atoms with E-state index < -0.39 is 17.3 Å². The summed E-state index contributed by atoms with van der Waals surface area (Å²) in [5.74, 6) is 0. The SMILES string of the molecule is Cc1cc(Cl)ccc1-c1[nH]n2c(=O)c(-c3ccc(C(F)(F)F)cc3)cnc2c1C#N. The summed E-state index contributed by atoms with van der Waals surface area (Å²) in [6, 6.07) is 11.4. The molecule has 2 aromatic carbocycles. The van der Waals surface area contributed by atoms with Crippen LogP contribution in [0.5, 0.6) is 0 Å². The van der Waals surface area contributed by atoms with Crippen molar-refractivity contribution in [2.24, 2.45) is 0 Å². The van der Waals surface area contributed by atoms with Gasteiger partial charge in [-0.3, -0.25) is 9.89 Å². The van der Waals surface area contributed by atoms with Crippen LogP contribution >= 0.6 is 11.6 Å². The van der Waals surface area contributed by atoms with Crippen LogP contribution in [0, 0.1) is 18.3 Å². The van der Waals surface area contributed by atoms with Gasteiger partial charge in [0.1, 0.15) is 11.6 Å². The lowest BCUT2D eigenvalue weighted by Crippen LogP contribution is -2.17. The number of fused-ring (bicyclic) bond motifs is 1. The Morgan fingerprint density at radius 2 is 1.83 bits per heavy atom. The smallest absolute Gasteiger partial charge is 0.288 e. The van der Waals surface area contributed by atoms with Crippen LogP contribution in [0.1, 0.15) is 16.7 Å². The molecule has 5 nitrogen and oxygen atoms in total. The molecule has 0 fully saturated rings. The lowest BCUT2D eigenvalue weighted by atomic mass is 10.0. The van der Waals surface area contributed by atoms with Gasteiger partial charge in [-0.05, 0) is 42.3 Å². The van der Waals surface area contributed by atoms with Gasteiger partial charge in [-0.1, -0.05) is 29.8 Å². The summed E-state index contributed by atoms with van der Waals surface area (Å²) in [5, 5.41) is 13.1. The summed E-state index contributed by atoms with van der Waals surface area (Å²) in [4.78, 5) is 17.2. The van der Waals surface area contributed by atoms with E-state index in [2.05, 4.69) is 16.2 Å². The predicted octanol–water partition coefficient (Wildman–Crippen LogP) is 5.21. The minimum absolute atomic E-state index is 0.103. The molecule has 9 heteroatoms. The van der Waals surface area contributed by atoms with Crippen LogP contribution in [0.4, 0.5) is 13.2 Å². The van der Waals surface area contributed by atoms with Gasteiger partial charge in [0.2, 0.25) is 0 Å². The number of nitrogens with zero attached hydrogens (tertiary/aromatic N) is 3. The van der Waals surface area contributed by atoms with Gasteiger partial charge >= 0.3 is 6.18 Å². The number of hydrogen-bond donors (Lipinski definition) is 1. The molecule has 0 aliphatic rings. The number of nitrogens with one attached hydrogen (secondary N) is 1. The van der Waals surface area contributed by atoms with E-state index in [1.807, 2.05) is 6.92 Å². The number of benzene rings is 2. The van der Waals surface area contributed by atoms with Gasteiger partial charge in [-0.25, -0.2) is 4.98 Å². The van der Waals surface area contributed by atoms with Crippen molar-refractivity contribution in [3.63, 3.8) is 0 Å². The number of halogens is 4. The van der Waals surface area contributed by atoms with Crippen molar-refractivity contribution in [1.29, 1.82) is 5.26 Å². The quantitative estimate of drug-likeness (QED) is 0.476. The zero-order valence-corrected chi connectivity index (χ0v) is 16.1. The van der Waals surface area contributed by atoms with Gasteiger partial charge in [0.05, 0.1) is 16.8 Å². The first-order chi connectivity index (χ1) is 14.2. The number of alkyl halides is 3. The zero-order valence-electron chi connectivity index (χ0n) is 15.4. The predicted molar refractivity (Wildman–Crippen MR) is 106 cm³/mol. The Bertz CT molecular complexity index is 1380. The lowest BCUT2D eigenvalue weighted by molar-refractivity contribution is -0.137. The summed E-state index contributed by atoms with van der Waals surface area (Å²) in [6.07, 6.45) is -3.21. The molecule has 1 N–H and O–H groups in total. The van der Waals surface area contributed by atoms with E-state index in [4.69, 9.17) is 11.6 Å². The van der Waals surface area contributed by atoms with Crippen molar-refractivity contribution in [2.45, 2.75) is 13.1 Å². The van der Waals surface area contributed by atoms with E-state index in [1.165, 1.54) is 18.3 Å². The van der Waals surface area contributed by atoms with Crippen molar-refractivity contribution in [3.05, 3.63) is 80.7 Å². The molecule has 150 valence electrons. The second-order valence-corrected chi connectivity index (χ2v) is 7.08. The molecule has 0 saturated heterocycles. The van der Waals surface area contributed by atoms with Gasteiger partial charge < -0.3 is 0 Å². The van der Waals surface area contributed by atoms with Crippen LogP contribution in [-0.4, -0.2) is 14.6 Å². The van der Waals surface area contributed by atoms with Crippen LogP contribution < -0.4 is 5.56 Å². The number of aryl methyl sites for hydroxylation is 1. The molecule has 4 aromatic rings. The second-order valence-electron chi connectivity index (χ2n) is 6.64. The summed E-state index contributed by atoms with van der Waals surface area (Å²) in [5.41, 5.74) is 1.22. The molecule has 0 atom stereocenters. The topological polar surface area (TPSA) is 73.9 Å². The Hall–Kier alpha value is -3.57. The monoisotopic (exact) mass is 428 g/mol. The summed E-state index contributed by atoms with van der Waals surface area (Å²) < 4.78 is 39.5. The highest BCUT2D eigenvalue weighted by Gasteiger charge is 2.30. The number of hydrogen-bond acceptors (Lipinski definition) is 3. The van der Waals surface area contributed by atoms with E-state index in [1.54, 1.807) is 18.2 Å². The van der Waals surface area contributed by atoms with Crippen molar-refractivity contribution >= 4 is 17.2 Å². The minimum Gasteiger partial charge on any atom is -0.288 e. The Kier molecular flexibility index (Phi) is 4.63. The summed E-state index contributed by atoms with van der Waals surface area (Å²) >= 11 is 6.00. The molecular formula is C21H12ClF3N4O. The van der Waals surface area contributed by atoms with E-state index in [0.29, 0.717) is 16.3 Å². The lowest BCUT2D eigenvalue weighted by Gasteiger charge is -2.07. The summed E-state index contributed by atoms with van der Waals surface area (Å²) in [6.45, 7) is 1.82. The molecule has 2 aromatic heterocycles. The third-order valence-corrected chi connectivity index (χ3v) is 4.99. The molecule has 4 rings (SSSR count). The van der Waals surface area contributed by atoms with E-state index in [-0.39, 0.29) is 22.3 Å². The van der Waals surface area contributed by atoms with Crippen LogP contribution in [0.15, 0.2) is 53.5 Å². The van der Waals surface area contributed by atoms with Crippen LogP contribution in [-0.2, 0) is 6.18 Å². The zero-order chi connectivity index (χ0) is 21.6. The Morgan fingerprint density at radius 1 is 1.13 bits per heavy atom. The molecule has 0 unspecified atom stereocenters. The van der Waals surface area contributed by atoms with Gasteiger partial charge in [-0.2, -0.15) is 22.9 Å². The number of nitriles is 1. The maximum Gasteiger partial charge on any atom is 0.416 e. The van der Waals surface area contributed by atoms with Gasteiger partial charge in [-0.15, -0.1) is 0 Å². The fourth-order valence-corrected chi connectivity index (χ4v) is 3.49. The van der Waals surface area contributed by atoms with E-state index >= 15 is 0 Å². The fourth-order valence-electron chi connectivity index (χ4n) is 3.26. The Labute approximate surface area is 173 Å². The van der Waals surface area contributed by atoms with Crippen molar-refractivity contribution in [1.82, 2.24) is 14.6 Å². The maximum atomic E-state index is 13.0. The number of rotatable bonds is 2. The van der Waals surface area contributed by atoms with Crippen molar-refractivity contribution in [3.8, 4) is 28.5 Å². The van der Waals surface area contributed by atoms with Crippen LogP contribution in [0.3, 0.4) is 0 Å². The maximum absolute atomic E-state index is 13.0. The average molecular weight is 429 g/mol. The van der Waals surface area contributed by atoms with E-state index in [9.17, 15) is 23.2 Å². The van der Waals surface area contributed by atoms with Crippen LogP contribution in [0.25, 0.3) is 28.0 Å². The molecule has 2 heterocycles. The van der Waals surface area contributed by atoms with Gasteiger partial charge in [0, 0.05) is 16.8 Å². The number of H-pyrrole nitrogens is 1. The molecule has 0 bridgehead atoms. The first kappa shape index (κ1) is 19.7. The average Bonchev–Trinajstić information content (AvgIpc) is 3.07. The van der Waals surface area contributed by atoms with E-state index in [0.717, 1.165) is 22.2 Å². The van der Waals surface area contributed by atoms with Crippen molar-refractivity contribution < 1.29 is 13.2 Å². The first-order valence-corrected chi connectivity index (χ1v) is 9.06. The molecule has 0 radical (unpaired) electrons. The van der Waals surface area contributed by atoms with Crippen molar-refractivity contribution in [2.75, 3.05) is 0 Å². The molecule has 0 spiro atoms. The highest BCUT2D eigenvalue weighted by Crippen LogP contribution is 2.31. The third kappa shape index (κ3) is 3.23. The molecule has 0 saturated carbocycles. The normalized spacial score (nSPS) is 11.6. The third-order valence-electron chi connectivity index (χ3n) is 4.75. The van der Waals surface area contributed by atoms with Gasteiger partial charge in [0.25, 0.3) is 5.56 Å². The summed E-state index contributed by atoms with van der Waals surface area (Å²) in [7, 11) is 0. The standard InChI is InChI=1S/C21H12ClF3N4O/c1-11-8-14(22)6-7-15(11)18-16(9-26)19-27-10-17(20(30)29(19)28-18)12-2-4-13(5-3-12)21(23,24)25/h2-8,10,28H,1H3. The molecule has 0 aliphatic carbocycles. The Balaban J connectivity index is 1.90. The highest BCUT2D eigenvalue weighted by molar-refractivity contribution is 6.30. The largest absolute Gasteiger partial charge is 0.416 e. The molecular weight excluding hydrogens is 417 g/mol. The Morgan fingerprint density at radius 3 is 2.43 bits per heavy atom. The second kappa shape index (κ2) is 7.04. The first-order valence-electron chi connectivity index (χ1n) is 8.68. The minimum atomic E-state index is -4.47. The number of aromatic nitrogens is 3. The van der Waals surface area contributed by atoms with Gasteiger partial charge in [0.15, 0.2) is 5.65 Å². The molecule has 30 heavy (non-hydrogen) atoms. The molecule has 0 aliphatic heterocycles. The van der Waals surface area contributed by atoms with Crippen LogP contribution in [0.2, 0.25) is 5.02 Å². The number of aromatic amines is 1. The molecule has 0 amide bonds. The highest BCUT2D eigenvalue weighted by atomic mass is 35.5. The fraction of sp³-hybridized carbons (Fsp3) is 0.0952.